The van der Waals surface area contributed by atoms with Crippen molar-refractivity contribution in [3.8, 4) is 33.9 Å². The molecule has 0 aliphatic heterocycles. The van der Waals surface area contributed by atoms with Gasteiger partial charge in [-0.05, 0) is 65.2 Å². The summed E-state index contributed by atoms with van der Waals surface area (Å²) >= 11 is 0. The molecule has 3 aromatic carbocycles. The lowest BCUT2D eigenvalue weighted by atomic mass is 9.99. The first-order chi connectivity index (χ1) is 16.6. The van der Waals surface area contributed by atoms with E-state index < -0.39 is 0 Å². The Kier molecular flexibility index (Phi) is 5.59. The maximum Gasteiger partial charge on any atom is 0.260 e. The molecular weight excluding hydrogens is 433 g/mol. The minimum Gasteiger partial charge on any atom is -0.497 e. The van der Waals surface area contributed by atoms with E-state index in [1.807, 2.05) is 53.1 Å². The van der Waals surface area contributed by atoms with Gasteiger partial charge < -0.3 is 19.0 Å². The third-order valence-electron chi connectivity index (χ3n) is 5.84. The Bertz CT molecular complexity index is 1500. The number of ether oxygens (including phenoxy) is 2. The zero-order valence-corrected chi connectivity index (χ0v) is 18.7. The molecule has 6 nitrogen and oxygen atoms in total. The molecule has 2 aromatic heterocycles. The Hall–Kier alpha value is -4.39. The van der Waals surface area contributed by atoms with Gasteiger partial charge in [-0.1, -0.05) is 24.3 Å². The normalized spacial score (nSPS) is 11.0. The molecular formula is C27H22FN3O3. The van der Waals surface area contributed by atoms with E-state index in [0.29, 0.717) is 17.6 Å². The molecule has 0 fully saturated rings. The van der Waals surface area contributed by atoms with Gasteiger partial charge in [0.2, 0.25) is 0 Å². The largest absolute Gasteiger partial charge is 0.497 e. The van der Waals surface area contributed by atoms with Gasteiger partial charge in [-0.3, -0.25) is 4.79 Å². The van der Waals surface area contributed by atoms with Gasteiger partial charge >= 0.3 is 0 Å². The number of halogens is 1. The second-order valence-corrected chi connectivity index (χ2v) is 7.82. The highest BCUT2D eigenvalue weighted by Gasteiger charge is 2.23. The van der Waals surface area contributed by atoms with Crippen molar-refractivity contribution in [3.05, 3.63) is 101 Å². The third-order valence-corrected chi connectivity index (χ3v) is 5.84. The van der Waals surface area contributed by atoms with Crippen molar-refractivity contribution in [3.63, 3.8) is 0 Å². The van der Waals surface area contributed by atoms with Crippen molar-refractivity contribution in [2.24, 2.45) is 0 Å². The summed E-state index contributed by atoms with van der Waals surface area (Å²) < 4.78 is 26.2. The molecule has 0 aliphatic carbocycles. The van der Waals surface area contributed by atoms with Gasteiger partial charge in [-0.25, -0.2) is 9.37 Å². The van der Waals surface area contributed by atoms with E-state index in [0.717, 1.165) is 39.4 Å². The number of aromatic amines is 1. The third kappa shape index (κ3) is 3.81. The van der Waals surface area contributed by atoms with Crippen LogP contribution in [0.3, 0.4) is 0 Å². The zero-order valence-electron chi connectivity index (χ0n) is 18.7. The molecule has 34 heavy (non-hydrogen) atoms. The van der Waals surface area contributed by atoms with E-state index in [-0.39, 0.29) is 11.4 Å². The lowest BCUT2D eigenvalue weighted by Crippen LogP contribution is -2.08. The van der Waals surface area contributed by atoms with Crippen molar-refractivity contribution < 1.29 is 13.9 Å². The molecule has 0 saturated heterocycles. The van der Waals surface area contributed by atoms with E-state index in [1.54, 1.807) is 26.4 Å². The van der Waals surface area contributed by atoms with Gasteiger partial charge in [0.25, 0.3) is 5.56 Å². The minimum atomic E-state index is -0.301. The van der Waals surface area contributed by atoms with E-state index in [4.69, 9.17) is 9.47 Å². The van der Waals surface area contributed by atoms with Crippen LogP contribution in [0.15, 0.2) is 83.9 Å². The van der Waals surface area contributed by atoms with Crippen LogP contribution in [0.1, 0.15) is 5.56 Å². The summed E-state index contributed by atoms with van der Waals surface area (Å²) in [6.45, 7) is 0.407. The highest BCUT2D eigenvalue weighted by atomic mass is 19.1. The van der Waals surface area contributed by atoms with Gasteiger partial charge in [0, 0.05) is 12.1 Å². The number of fused-ring (bicyclic) bond motifs is 1. The Balaban J connectivity index is 1.83. The molecule has 170 valence electrons. The maximum absolute atomic E-state index is 13.5. The van der Waals surface area contributed by atoms with Crippen molar-refractivity contribution in [1.29, 1.82) is 0 Å². The maximum atomic E-state index is 13.5. The summed E-state index contributed by atoms with van der Waals surface area (Å²) in [5.41, 5.74) is 4.54. The highest BCUT2D eigenvalue weighted by Crippen LogP contribution is 2.40. The van der Waals surface area contributed by atoms with Crippen LogP contribution in [0, 0.1) is 5.82 Å². The molecule has 0 amide bonds. The van der Waals surface area contributed by atoms with E-state index >= 15 is 0 Å². The smallest absolute Gasteiger partial charge is 0.260 e. The van der Waals surface area contributed by atoms with Gasteiger partial charge in [0.15, 0.2) is 0 Å². The summed E-state index contributed by atoms with van der Waals surface area (Å²) in [5, 5.41) is 0.487. The lowest BCUT2D eigenvalue weighted by molar-refractivity contribution is 0.414. The fourth-order valence-electron chi connectivity index (χ4n) is 4.19. The molecule has 1 N–H and O–H groups in total. The Morgan fingerprint density at radius 2 is 1.44 bits per heavy atom. The Morgan fingerprint density at radius 1 is 0.853 bits per heavy atom. The van der Waals surface area contributed by atoms with Gasteiger partial charge in [0.05, 0.1) is 31.6 Å². The standard InChI is InChI=1S/C27H22FN3O3/c1-33-21-11-5-18(6-12-21)23-24-26(29-16-30-27(24)32)31(15-17-3-9-20(28)10-4-17)25(23)19-7-13-22(34-2)14-8-19/h3-14,16H,15H2,1-2H3,(H,29,30,32). The molecule has 2 heterocycles. The predicted octanol–water partition coefficient (Wildman–Crippen LogP) is 5.26. The number of nitrogens with zero attached hydrogens (tertiary/aromatic N) is 2. The van der Waals surface area contributed by atoms with Crippen molar-refractivity contribution in [1.82, 2.24) is 14.5 Å². The molecule has 0 bridgehead atoms. The Labute approximate surface area is 195 Å². The lowest BCUT2D eigenvalue weighted by Gasteiger charge is -2.13. The van der Waals surface area contributed by atoms with Crippen LogP contribution >= 0.6 is 0 Å². The Morgan fingerprint density at radius 3 is 2.03 bits per heavy atom. The first-order valence-electron chi connectivity index (χ1n) is 10.7. The van der Waals surface area contributed by atoms with Gasteiger partial charge in [0.1, 0.15) is 23.0 Å². The summed E-state index contributed by atoms with van der Waals surface area (Å²) in [7, 11) is 3.23. The van der Waals surface area contributed by atoms with Gasteiger partial charge in [-0.15, -0.1) is 0 Å². The van der Waals surface area contributed by atoms with E-state index in [1.165, 1.54) is 18.5 Å². The first-order valence-corrected chi connectivity index (χ1v) is 10.7. The molecule has 0 atom stereocenters. The molecule has 0 spiro atoms. The number of aromatic nitrogens is 3. The van der Waals surface area contributed by atoms with Crippen molar-refractivity contribution in [2.75, 3.05) is 14.2 Å². The summed E-state index contributed by atoms with van der Waals surface area (Å²) in [6.07, 6.45) is 1.40. The van der Waals surface area contributed by atoms with Crippen LogP contribution in [0.5, 0.6) is 11.5 Å². The summed E-state index contributed by atoms with van der Waals surface area (Å²) in [5.74, 6) is 1.15. The van der Waals surface area contributed by atoms with Crippen LogP contribution in [-0.4, -0.2) is 28.8 Å². The van der Waals surface area contributed by atoms with Crippen molar-refractivity contribution in [2.45, 2.75) is 6.54 Å². The predicted molar refractivity (Wildman–Crippen MR) is 130 cm³/mol. The molecule has 5 rings (SSSR count). The molecule has 0 aliphatic rings. The first kappa shape index (κ1) is 21.5. The van der Waals surface area contributed by atoms with Crippen LogP contribution in [0.25, 0.3) is 33.4 Å². The number of rotatable bonds is 6. The fraction of sp³-hybridized carbons (Fsp3) is 0.111. The molecule has 0 saturated carbocycles. The number of methoxy groups -OCH3 is 2. The van der Waals surface area contributed by atoms with E-state index in [9.17, 15) is 9.18 Å². The van der Waals surface area contributed by atoms with Crippen LogP contribution in [0.2, 0.25) is 0 Å². The monoisotopic (exact) mass is 455 g/mol. The quantitative estimate of drug-likeness (QED) is 0.379. The molecule has 0 unspecified atom stereocenters. The van der Waals surface area contributed by atoms with Crippen LogP contribution in [0.4, 0.5) is 4.39 Å². The fourth-order valence-corrected chi connectivity index (χ4v) is 4.19. The molecule has 0 radical (unpaired) electrons. The molecule has 7 heteroatoms. The second-order valence-electron chi connectivity index (χ2n) is 7.82. The van der Waals surface area contributed by atoms with Crippen LogP contribution < -0.4 is 15.0 Å². The van der Waals surface area contributed by atoms with Crippen LogP contribution in [-0.2, 0) is 6.54 Å². The summed E-state index contributed by atoms with van der Waals surface area (Å²) in [4.78, 5) is 20.3. The second kappa shape index (κ2) is 8.86. The number of nitrogens with one attached hydrogen (secondary N) is 1. The zero-order chi connectivity index (χ0) is 23.7. The summed E-state index contributed by atoms with van der Waals surface area (Å²) in [6, 6.07) is 21.6. The number of hydrogen-bond acceptors (Lipinski definition) is 4. The SMILES string of the molecule is COc1ccc(-c2c(-c3ccc(OC)cc3)n(Cc3ccc(F)cc3)c3nc[nH]c(=O)c23)cc1. The average Bonchev–Trinajstić information content (AvgIpc) is 3.20. The van der Waals surface area contributed by atoms with Gasteiger partial charge in [-0.2, -0.15) is 0 Å². The van der Waals surface area contributed by atoms with Crippen molar-refractivity contribution >= 4 is 11.0 Å². The topological polar surface area (TPSA) is 69.1 Å². The minimum absolute atomic E-state index is 0.233. The highest BCUT2D eigenvalue weighted by molar-refractivity contribution is 6.02. The number of hydrogen-bond donors (Lipinski definition) is 1. The number of H-pyrrole nitrogens is 1. The molecule has 5 aromatic rings. The average molecular weight is 455 g/mol. The number of benzene rings is 3. The van der Waals surface area contributed by atoms with E-state index in [2.05, 4.69) is 9.97 Å².